The van der Waals surface area contributed by atoms with Gasteiger partial charge in [-0.3, -0.25) is 9.59 Å². The lowest BCUT2D eigenvalue weighted by Crippen LogP contribution is -2.58. The van der Waals surface area contributed by atoms with E-state index in [2.05, 4.69) is 158 Å². The molecule has 2 unspecified atom stereocenters. The third kappa shape index (κ3) is 15.8. The quantitative estimate of drug-likeness (QED) is 0.159. The molecule has 8 nitrogen and oxygen atoms in total. The minimum Gasteiger partial charge on any atom is -0.408 e. The number of rotatable bonds is 14. The Balaban J connectivity index is 0.000000330. The standard InChI is InChI=1S/2C25H48O4Si2/c2*1-17(26)16-20-12-13-21-23(27-20)18(2)19(3)24(28-21)22(14-15-30(7,8)9)29-31(10,11)25(4,5)6/h2*14-15,18-24H,12-13,16H2,1-11H3/b2*15-14+/t2*18-,19?,20-,21+,22+,23-,24-/m11/s1. The second-order valence-electron chi connectivity index (χ2n) is 25.3. The highest BCUT2D eigenvalue weighted by molar-refractivity contribution is 6.81. The van der Waals surface area contributed by atoms with Crippen LogP contribution in [0.25, 0.3) is 0 Å². The summed E-state index contributed by atoms with van der Waals surface area (Å²) >= 11 is 0. The molecule has 0 radical (unpaired) electrons. The first kappa shape index (κ1) is 55.8. The zero-order valence-electron chi connectivity index (χ0n) is 43.9. The first-order chi connectivity index (χ1) is 28.0. The Hall–Kier alpha value is -0.552. The lowest BCUT2D eigenvalue weighted by atomic mass is 9.77. The van der Waals surface area contributed by atoms with E-state index in [1.165, 1.54) is 0 Å². The first-order valence-corrected chi connectivity index (χ1v) is 37.4. The fourth-order valence-electron chi connectivity index (χ4n) is 8.78. The zero-order valence-corrected chi connectivity index (χ0v) is 47.9. The molecule has 4 rings (SSSR count). The van der Waals surface area contributed by atoms with Gasteiger partial charge in [0.05, 0.1) is 77.2 Å². The van der Waals surface area contributed by atoms with E-state index in [1.54, 1.807) is 13.8 Å². The fraction of sp³-hybridized carbons (Fsp3) is 0.880. The van der Waals surface area contributed by atoms with Crippen LogP contribution >= 0.6 is 0 Å². The molecular formula is C50H96O8Si4. The summed E-state index contributed by atoms with van der Waals surface area (Å²) < 4.78 is 40.3. The van der Waals surface area contributed by atoms with Crippen molar-refractivity contribution in [3.05, 3.63) is 23.6 Å². The molecule has 4 fully saturated rings. The second-order valence-corrected chi connectivity index (χ2v) is 44.9. The minimum absolute atomic E-state index is 0.0269. The van der Waals surface area contributed by atoms with E-state index < -0.39 is 32.8 Å². The van der Waals surface area contributed by atoms with Crippen molar-refractivity contribution in [2.24, 2.45) is 23.7 Å². The molecule has 12 heteroatoms. The van der Waals surface area contributed by atoms with Crippen molar-refractivity contribution in [2.45, 2.75) is 258 Å². The Morgan fingerprint density at radius 2 is 0.839 bits per heavy atom. The van der Waals surface area contributed by atoms with Gasteiger partial charge in [-0.1, -0.05) is 132 Å². The largest absolute Gasteiger partial charge is 0.408 e. The van der Waals surface area contributed by atoms with E-state index in [0.717, 1.165) is 25.7 Å². The maximum Gasteiger partial charge on any atom is 0.193 e. The summed E-state index contributed by atoms with van der Waals surface area (Å²) in [5.41, 5.74) is 4.83. The number of Topliss-reactive ketones (excluding diaryl/α,β-unsaturated/α-hetero) is 2. The average Bonchev–Trinajstić information content (AvgIpc) is 3.10. The van der Waals surface area contributed by atoms with E-state index in [4.69, 9.17) is 27.8 Å². The van der Waals surface area contributed by atoms with Crippen molar-refractivity contribution in [2.75, 3.05) is 0 Å². The zero-order chi connectivity index (χ0) is 47.6. The van der Waals surface area contributed by atoms with Gasteiger partial charge in [-0.15, -0.1) is 0 Å². The van der Waals surface area contributed by atoms with Gasteiger partial charge in [0.2, 0.25) is 0 Å². The molecule has 4 heterocycles. The lowest BCUT2D eigenvalue weighted by molar-refractivity contribution is -0.237. The molecule has 4 aliphatic heterocycles. The Morgan fingerprint density at radius 1 is 0.532 bits per heavy atom. The van der Waals surface area contributed by atoms with Crippen LogP contribution in [0.2, 0.25) is 75.5 Å². The summed E-state index contributed by atoms with van der Waals surface area (Å²) in [4.78, 5) is 23.2. The number of hydrogen-bond acceptors (Lipinski definition) is 8. The molecule has 0 saturated carbocycles. The van der Waals surface area contributed by atoms with Gasteiger partial charge in [-0.25, -0.2) is 0 Å². The van der Waals surface area contributed by atoms with Gasteiger partial charge in [-0.2, -0.15) is 0 Å². The highest BCUT2D eigenvalue weighted by Crippen LogP contribution is 2.45. The molecular weight excluding hydrogens is 841 g/mol. The maximum atomic E-state index is 11.6. The van der Waals surface area contributed by atoms with Crippen LogP contribution in [0.15, 0.2) is 23.6 Å². The Bertz CT molecular complexity index is 1400. The first-order valence-electron chi connectivity index (χ1n) is 24.4. The lowest BCUT2D eigenvalue weighted by Gasteiger charge is -2.51. The van der Waals surface area contributed by atoms with Gasteiger partial charge in [-0.05, 0) is 99.5 Å². The molecule has 4 saturated heterocycles. The van der Waals surface area contributed by atoms with Crippen LogP contribution in [-0.4, -0.2) is 105 Å². The third-order valence-corrected chi connectivity index (χ3v) is 26.4. The Morgan fingerprint density at radius 3 is 1.10 bits per heavy atom. The summed E-state index contributed by atoms with van der Waals surface area (Å²) in [5, 5.41) is 0.302. The van der Waals surface area contributed by atoms with Gasteiger partial charge >= 0.3 is 0 Å². The number of carbonyl (C=O) groups is 2. The van der Waals surface area contributed by atoms with Gasteiger partial charge in [0.25, 0.3) is 0 Å². The number of hydrogen-bond donors (Lipinski definition) is 0. The normalized spacial score (nSPS) is 33.9. The minimum atomic E-state index is -1.96. The Kier molecular flexibility index (Phi) is 19.4. The van der Waals surface area contributed by atoms with Gasteiger partial charge in [0, 0.05) is 12.8 Å². The van der Waals surface area contributed by atoms with Crippen LogP contribution in [0.3, 0.4) is 0 Å². The predicted molar refractivity (Wildman–Crippen MR) is 269 cm³/mol. The summed E-state index contributed by atoms with van der Waals surface area (Å²) in [7, 11) is -6.64. The van der Waals surface area contributed by atoms with Crippen LogP contribution in [0.5, 0.6) is 0 Å². The monoisotopic (exact) mass is 937 g/mol. The molecule has 0 aromatic carbocycles. The summed E-state index contributed by atoms with van der Waals surface area (Å²) in [5.74, 6) is 1.78. The molecule has 360 valence electrons. The van der Waals surface area contributed by atoms with Crippen LogP contribution in [0.4, 0.5) is 0 Å². The molecule has 0 N–H and O–H groups in total. The second kappa shape index (κ2) is 21.6. The molecule has 62 heavy (non-hydrogen) atoms. The maximum absolute atomic E-state index is 11.6. The predicted octanol–water partition coefficient (Wildman–Crippen LogP) is 12.8. The van der Waals surface area contributed by atoms with Crippen LogP contribution in [0, 0.1) is 23.7 Å². The van der Waals surface area contributed by atoms with E-state index in [0.29, 0.717) is 36.5 Å². The van der Waals surface area contributed by atoms with Crippen LogP contribution in [0.1, 0.15) is 122 Å². The molecule has 0 aromatic rings. The van der Waals surface area contributed by atoms with Crippen LogP contribution in [-0.2, 0) is 37.4 Å². The average molecular weight is 938 g/mol. The van der Waals surface area contributed by atoms with E-state index in [1.807, 2.05) is 0 Å². The van der Waals surface area contributed by atoms with Crippen molar-refractivity contribution in [3.63, 3.8) is 0 Å². The Labute approximate surface area is 385 Å². The topological polar surface area (TPSA) is 89.5 Å². The fourth-order valence-corrected chi connectivity index (χ4v) is 12.8. The third-order valence-electron chi connectivity index (χ3n) is 15.1. The summed E-state index contributed by atoms with van der Waals surface area (Å²) in [6.45, 7) is 49.8. The van der Waals surface area contributed by atoms with Crippen molar-refractivity contribution >= 4 is 44.3 Å². The number of ether oxygens (including phenoxy) is 4. The molecule has 0 amide bonds. The summed E-state index contributed by atoms with van der Waals surface area (Å²) in [6, 6.07) is 0. The number of ketones is 2. The highest BCUT2D eigenvalue weighted by atomic mass is 28.4. The molecule has 14 atom stereocenters. The van der Waals surface area contributed by atoms with Crippen molar-refractivity contribution in [1.29, 1.82) is 0 Å². The summed E-state index contributed by atoms with van der Waals surface area (Å²) in [6.07, 6.45) is 9.80. The highest BCUT2D eigenvalue weighted by Gasteiger charge is 2.51. The van der Waals surface area contributed by atoms with Gasteiger partial charge < -0.3 is 27.8 Å². The van der Waals surface area contributed by atoms with Crippen LogP contribution < -0.4 is 0 Å². The smallest absolute Gasteiger partial charge is 0.193 e. The SMILES string of the molecule is CC(=O)C[C@H]1CC[C@@H]2O[C@@H]([C@H](/C=C/[Si](C)(C)C)O[Si](C)(C)C(C)(C)C)C(C)[C@@H](C)[C@H]2O1.CC(=O)C[C@H]1CC[C@@H]2O[C@@H]([C@H](/C=C/[Si](C)(C)C)O[Si](C)(C)C(C)(C)C)C(C)[C@@H](C)[C@H]2O1. The van der Waals surface area contributed by atoms with Gasteiger partial charge in [0.1, 0.15) is 11.6 Å². The van der Waals surface area contributed by atoms with E-state index >= 15 is 0 Å². The van der Waals surface area contributed by atoms with Crippen molar-refractivity contribution in [1.82, 2.24) is 0 Å². The molecule has 0 aliphatic carbocycles. The van der Waals surface area contributed by atoms with E-state index in [9.17, 15) is 9.59 Å². The molecule has 0 aromatic heterocycles. The number of fused-ring (bicyclic) bond motifs is 2. The molecule has 0 bridgehead atoms. The van der Waals surface area contributed by atoms with Crippen molar-refractivity contribution in [3.8, 4) is 0 Å². The molecule has 4 aliphatic rings. The van der Waals surface area contributed by atoms with Gasteiger partial charge in [0.15, 0.2) is 16.6 Å². The number of carbonyl (C=O) groups excluding carboxylic acids is 2. The van der Waals surface area contributed by atoms with Crippen molar-refractivity contribution < 1.29 is 37.4 Å². The van der Waals surface area contributed by atoms with E-state index in [-0.39, 0.29) is 82.7 Å². The molecule has 0 spiro atoms.